The van der Waals surface area contributed by atoms with Gasteiger partial charge in [-0.05, 0) is 12.1 Å². The molecule has 23 heavy (non-hydrogen) atoms. The monoisotopic (exact) mass is 356 g/mol. The van der Waals surface area contributed by atoms with Gasteiger partial charge in [0.25, 0.3) is 11.4 Å². The van der Waals surface area contributed by atoms with E-state index in [1.807, 2.05) is 0 Å². The highest BCUT2D eigenvalue weighted by atomic mass is 35.5. The lowest BCUT2D eigenvalue weighted by atomic mass is 10.0. The highest BCUT2D eigenvalue weighted by Crippen LogP contribution is 2.40. The van der Waals surface area contributed by atoms with Gasteiger partial charge in [0, 0.05) is 30.0 Å². The molecule has 8 nitrogen and oxygen atoms in total. The van der Waals surface area contributed by atoms with E-state index < -0.39 is 25.4 Å². The first-order valence-corrected chi connectivity index (χ1v) is 8.31. The molecule has 0 fully saturated rings. The molecular formula is C13H9ClN2O6S. The van der Waals surface area contributed by atoms with Crippen molar-refractivity contribution in [1.29, 1.82) is 0 Å². The molecule has 0 heterocycles. The SMILES string of the molecule is CS(=O)(=O)c1cccc([N+](=O)[O-])c1-c1ccc([N+](=O)[O-])cc1Cl. The van der Waals surface area contributed by atoms with Crippen LogP contribution in [0.2, 0.25) is 5.02 Å². The van der Waals surface area contributed by atoms with Gasteiger partial charge in [-0.2, -0.15) is 0 Å². The van der Waals surface area contributed by atoms with E-state index in [1.165, 1.54) is 18.2 Å². The second-order valence-corrected chi connectivity index (χ2v) is 6.99. The molecule has 0 N–H and O–H groups in total. The first-order valence-electron chi connectivity index (χ1n) is 6.04. The van der Waals surface area contributed by atoms with E-state index in [2.05, 4.69) is 0 Å². The molecule has 0 saturated carbocycles. The van der Waals surface area contributed by atoms with E-state index in [9.17, 15) is 28.6 Å². The van der Waals surface area contributed by atoms with Crippen LogP contribution < -0.4 is 0 Å². The third kappa shape index (κ3) is 3.30. The number of rotatable bonds is 4. The molecule has 2 rings (SSSR count). The number of hydrogen-bond donors (Lipinski definition) is 0. The maximum absolute atomic E-state index is 11.9. The molecular weight excluding hydrogens is 348 g/mol. The summed E-state index contributed by atoms with van der Waals surface area (Å²) in [7, 11) is -3.78. The summed E-state index contributed by atoms with van der Waals surface area (Å²) in [6, 6.07) is 6.91. The highest BCUT2D eigenvalue weighted by Gasteiger charge is 2.26. The Kier molecular flexibility index (Phi) is 4.35. The number of halogens is 1. The van der Waals surface area contributed by atoms with E-state index in [-0.39, 0.29) is 26.7 Å². The first-order chi connectivity index (χ1) is 10.6. The standard InChI is InChI=1S/C13H9ClN2O6S/c1-23(21,22)12-4-2-3-11(16(19)20)13(12)9-6-5-8(15(17)18)7-10(9)14/h2-7H,1H3. The molecule has 0 aromatic heterocycles. The van der Waals surface area contributed by atoms with Crippen LogP contribution in [0.15, 0.2) is 41.3 Å². The first kappa shape index (κ1) is 16.8. The van der Waals surface area contributed by atoms with E-state index in [1.54, 1.807) is 0 Å². The fourth-order valence-electron chi connectivity index (χ4n) is 2.07. The van der Waals surface area contributed by atoms with E-state index in [4.69, 9.17) is 11.6 Å². The Balaban J connectivity index is 2.86. The Morgan fingerprint density at radius 1 is 1.04 bits per heavy atom. The normalized spacial score (nSPS) is 11.2. The molecule has 0 aliphatic carbocycles. The van der Waals surface area contributed by atoms with Crippen LogP contribution in [0.1, 0.15) is 0 Å². The van der Waals surface area contributed by atoms with Gasteiger partial charge in [0.2, 0.25) is 0 Å². The maximum Gasteiger partial charge on any atom is 0.278 e. The Hall–Kier alpha value is -2.52. The van der Waals surface area contributed by atoms with Crippen LogP contribution in [0, 0.1) is 20.2 Å². The van der Waals surface area contributed by atoms with Gasteiger partial charge in [0.1, 0.15) is 0 Å². The van der Waals surface area contributed by atoms with Gasteiger partial charge in [-0.15, -0.1) is 0 Å². The summed E-state index contributed by atoms with van der Waals surface area (Å²) in [5.41, 5.74) is -0.924. The molecule has 0 aliphatic rings. The van der Waals surface area contributed by atoms with Gasteiger partial charge in [0.05, 0.1) is 25.3 Å². The quantitative estimate of drug-likeness (QED) is 0.612. The fraction of sp³-hybridized carbons (Fsp3) is 0.0769. The van der Waals surface area contributed by atoms with Gasteiger partial charge in [-0.3, -0.25) is 20.2 Å². The van der Waals surface area contributed by atoms with Gasteiger partial charge < -0.3 is 0 Å². The minimum absolute atomic E-state index is 0.0324. The zero-order valence-corrected chi connectivity index (χ0v) is 13.2. The summed E-state index contributed by atoms with van der Waals surface area (Å²) in [5.74, 6) is 0. The van der Waals surface area contributed by atoms with Gasteiger partial charge in [-0.25, -0.2) is 8.42 Å². The molecule has 0 saturated heterocycles. The minimum atomic E-state index is -3.78. The molecule has 0 bridgehead atoms. The zero-order chi connectivity index (χ0) is 17.4. The summed E-state index contributed by atoms with van der Waals surface area (Å²) >= 11 is 5.98. The van der Waals surface area contributed by atoms with Crippen LogP contribution in [0.3, 0.4) is 0 Å². The van der Waals surface area contributed by atoms with Crippen molar-refractivity contribution < 1.29 is 18.3 Å². The lowest BCUT2D eigenvalue weighted by molar-refractivity contribution is -0.385. The largest absolute Gasteiger partial charge is 0.278 e. The van der Waals surface area contributed by atoms with E-state index in [0.717, 1.165) is 24.5 Å². The number of hydrogen-bond acceptors (Lipinski definition) is 6. The van der Waals surface area contributed by atoms with Gasteiger partial charge >= 0.3 is 0 Å². The second kappa shape index (κ2) is 5.94. The third-order valence-corrected chi connectivity index (χ3v) is 4.49. The number of nitro groups is 2. The number of non-ortho nitro benzene ring substituents is 1. The average Bonchev–Trinajstić information content (AvgIpc) is 2.45. The van der Waals surface area contributed by atoms with Crippen LogP contribution in [-0.2, 0) is 9.84 Å². The Morgan fingerprint density at radius 3 is 2.17 bits per heavy atom. The lowest BCUT2D eigenvalue weighted by Gasteiger charge is -2.10. The topological polar surface area (TPSA) is 120 Å². The number of nitrogens with zero attached hydrogens (tertiary/aromatic N) is 2. The maximum atomic E-state index is 11.9. The van der Waals surface area contributed by atoms with Crippen molar-refractivity contribution in [2.45, 2.75) is 4.90 Å². The number of nitro benzene ring substituents is 2. The lowest BCUT2D eigenvalue weighted by Crippen LogP contribution is -2.03. The van der Waals surface area contributed by atoms with Crippen molar-refractivity contribution in [2.75, 3.05) is 6.26 Å². The number of benzene rings is 2. The molecule has 2 aromatic rings. The molecule has 0 spiro atoms. The van der Waals surface area contributed by atoms with Crippen molar-refractivity contribution in [3.63, 3.8) is 0 Å². The fourth-order valence-corrected chi connectivity index (χ4v) is 3.25. The smallest absolute Gasteiger partial charge is 0.258 e. The second-order valence-electron chi connectivity index (χ2n) is 4.60. The summed E-state index contributed by atoms with van der Waals surface area (Å²) in [6.07, 6.45) is 0.912. The Labute approximate surface area is 135 Å². The van der Waals surface area contributed by atoms with Crippen molar-refractivity contribution in [3.05, 3.63) is 61.6 Å². The molecule has 2 aromatic carbocycles. The van der Waals surface area contributed by atoms with E-state index >= 15 is 0 Å². The summed E-state index contributed by atoms with van der Waals surface area (Å²) in [4.78, 5) is 20.3. The zero-order valence-electron chi connectivity index (χ0n) is 11.6. The van der Waals surface area contributed by atoms with Crippen LogP contribution in [0.4, 0.5) is 11.4 Å². The van der Waals surface area contributed by atoms with Crippen molar-refractivity contribution in [2.24, 2.45) is 0 Å². The molecule has 10 heteroatoms. The molecule has 120 valence electrons. The van der Waals surface area contributed by atoms with Gasteiger partial charge in [-0.1, -0.05) is 17.7 Å². The molecule has 0 unspecified atom stereocenters. The van der Waals surface area contributed by atoms with E-state index in [0.29, 0.717) is 0 Å². The molecule has 0 radical (unpaired) electrons. The van der Waals surface area contributed by atoms with Crippen LogP contribution in [0.25, 0.3) is 11.1 Å². The summed E-state index contributed by atoms with van der Waals surface area (Å²) in [5, 5.41) is 21.8. The summed E-state index contributed by atoms with van der Waals surface area (Å²) in [6.45, 7) is 0. The predicted molar refractivity (Wildman–Crippen MR) is 83.3 cm³/mol. The third-order valence-electron chi connectivity index (χ3n) is 3.03. The predicted octanol–water partition coefficient (Wildman–Crippen LogP) is 3.23. The van der Waals surface area contributed by atoms with Crippen molar-refractivity contribution >= 4 is 32.8 Å². The highest BCUT2D eigenvalue weighted by molar-refractivity contribution is 7.90. The van der Waals surface area contributed by atoms with Gasteiger partial charge in [0.15, 0.2) is 9.84 Å². The Bertz CT molecular complexity index is 926. The van der Waals surface area contributed by atoms with Crippen molar-refractivity contribution in [3.8, 4) is 11.1 Å². The average molecular weight is 357 g/mol. The molecule has 0 amide bonds. The molecule has 0 aliphatic heterocycles. The van der Waals surface area contributed by atoms with Crippen molar-refractivity contribution in [1.82, 2.24) is 0 Å². The molecule has 0 atom stereocenters. The number of sulfone groups is 1. The Morgan fingerprint density at radius 2 is 1.70 bits per heavy atom. The summed E-state index contributed by atoms with van der Waals surface area (Å²) < 4.78 is 23.8. The van der Waals surface area contributed by atoms with Crippen LogP contribution >= 0.6 is 11.6 Å². The van der Waals surface area contributed by atoms with Crippen LogP contribution in [0.5, 0.6) is 0 Å². The van der Waals surface area contributed by atoms with Crippen LogP contribution in [-0.4, -0.2) is 24.5 Å². The minimum Gasteiger partial charge on any atom is -0.258 e.